The topological polar surface area (TPSA) is 28.2 Å². The van der Waals surface area contributed by atoms with E-state index in [-0.39, 0.29) is 5.54 Å². The lowest BCUT2D eigenvalue weighted by Gasteiger charge is -2.47. The van der Waals surface area contributed by atoms with E-state index >= 15 is 0 Å². The first-order valence-electron chi connectivity index (χ1n) is 7.34. The molecule has 1 saturated heterocycles. The maximum Gasteiger partial charge on any atom is 0.107 e. The number of thiazole rings is 1. The van der Waals surface area contributed by atoms with Crippen LogP contribution in [0.2, 0.25) is 0 Å². The highest BCUT2D eigenvalue weighted by Crippen LogP contribution is 2.25. The number of hydrogen-bond acceptors (Lipinski definition) is 4. The Hall–Kier alpha value is -0.450. The molecule has 4 heteroatoms. The first kappa shape index (κ1) is 14.9. The molecule has 1 aliphatic heterocycles. The average molecular weight is 281 g/mol. The molecule has 1 fully saturated rings. The summed E-state index contributed by atoms with van der Waals surface area (Å²) in [5.74, 6) is 0.676. The van der Waals surface area contributed by atoms with Crippen molar-refractivity contribution < 1.29 is 0 Å². The molecule has 0 aliphatic carbocycles. The van der Waals surface area contributed by atoms with Gasteiger partial charge in [0.15, 0.2) is 0 Å². The molecule has 1 aromatic rings. The Bertz CT molecular complexity index is 415. The highest BCUT2D eigenvalue weighted by molar-refractivity contribution is 7.11. The quantitative estimate of drug-likeness (QED) is 0.919. The van der Waals surface area contributed by atoms with Crippen LogP contribution >= 0.6 is 11.3 Å². The van der Waals surface area contributed by atoms with Gasteiger partial charge in [-0.05, 0) is 26.2 Å². The van der Waals surface area contributed by atoms with Crippen molar-refractivity contribution in [1.82, 2.24) is 15.2 Å². The summed E-state index contributed by atoms with van der Waals surface area (Å²) in [5.41, 5.74) is 0.248. The maximum absolute atomic E-state index is 4.53. The van der Waals surface area contributed by atoms with Crippen molar-refractivity contribution in [1.29, 1.82) is 0 Å². The van der Waals surface area contributed by atoms with E-state index in [0.29, 0.717) is 12.0 Å². The molecule has 2 heterocycles. The molecular formula is C15H27N3S. The molecule has 3 nitrogen and oxygen atoms in total. The minimum absolute atomic E-state index is 0.248. The van der Waals surface area contributed by atoms with Gasteiger partial charge in [0.05, 0.1) is 6.54 Å². The van der Waals surface area contributed by atoms with E-state index in [1.54, 1.807) is 0 Å². The molecule has 0 aromatic carbocycles. The second-order valence-electron chi connectivity index (χ2n) is 6.38. The van der Waals surface area contributed by atoms with E-state index in [4.69, 9.17) is 0 Å². The summed E-state index contributed by atoms with van der Waals surface area (Å²) >= 11 is 1.83. The Labute approximate surface area is 121 Å². The average Bonchev–Trinajstić information content (AvgIpc) is 2.74. The lowest BCUT2D eigenvalue weighted by atomic mass is 9.90. The van der Waals surface area contributed by atoms with Crippen molar-refractivity contribution in [2.24, 2.45) is 5.92 Å². The summed E-state index contributed by atoms with van der Waals surface area (Å²) in [4.78, 5) is 8.47. The van der Waals surface area contributed by atoms with Crippen LogP contribution in [0.3, 0.4) is 0 Å². The zero-order valence-electron chi connectivity index (χ0n) is 12.9. The molecule has 0 radical (unpaired) electrons. The molecule has 2 atom stereocenters. The summed E-state index contributed by atoms with van der Waals surface area (Å²) in [7, 11) is 0. The van der Waals surface area contributed by atoms with Crippen LogP contribution in [0, 0.1) is 12.8 Å². The number of piperazine rings is 1. The molecule has 1 N–H and O–H groups in total. The van der Waals surface area contributed by atoms with Crippen molar-refractivity contribution in [3.63, 3.8) is 0 Å². The molecule has 1 aliphatic rings. The van der Waals surface area contributed by atoms with Crippen LogP contribution in [0.1, 0.15) is 44.0 Å². The van der Waals surface area contributed by atoms with Gasteiger partial charge < -0.3 is 5.32 Å². The van der Waals surface area contributed by atoms with Gasteiger partial charge in [-0.1, -0.05) is 20.8 Å². The zero-order chi connectivity index (χ0) is 14.0. The van der Waals surface area contributed by atoms with E-state index in [9.17, 15) is 0 Å². The molecule has 0 spiro atoms. The Morgan fingerprint density at radius 2 is 2.32 bits per heavy atom. The van der Waals surface area contributed by atoms with Gasteiger partial charge in [-0.3, -0.25) is 4.90 Å². The summed E-state index contributed by atoms with van der Waals surface area (Å²) in [6.07, 6.45) is 3.16. The Kier molecular flexibility index (Phi) is 4.64. The molecule has 2 rings (SSSR count). The monoisotopic (exact) mass is 281 g/mol. The number of aromatic nitrogens is 1. The van der Waals surface area contributed by atoms with Crippen LogP contribution in [-0.2, 0) is 6.54 Å². The molecule has 2 unspecified atom stereocenters. The third kappa shape index (κ3) is 3.56. The minimum Gasteiger partial charge on any atom is -0.309 e. The van der Waals surface area contributed by atoms with Gasteiger partial charge in [0.2, 0.25) is 0 Å². The molecule has 0 saturated carbocycles. The second-order valence-corrected chi connectivity index (χ2v) is 7.70. The van der Waals surface area contributed by atoms with Gasteiger partial charge in [0, 0.05) is 35.7 Å². The largest absolute Gasteiger partial charge is 0.309 e. The third-order valence-corrected chi connectivity index (χ3v) is 5.21. The molecule has 1 aromatic heterocycles. The van der Waals surface area contributed by atoms with Gasteiger partial charge in [-0.2, -0.15) is 0 Å². The summed E-state index contributed by atoms with van der Waals surface area (Å²) < 4.78 is 0. The zero-order valence-corrected chi connectivity index (χ0v) is 13.7. The predicted molar refractivity (Wildman–Crippen MR) is 82.6 cm³/mol. The fourth-order valence-electron chi connectivity index (χ4n) is 2.82. The van der Waals surface area contributed by atoms with Crippen LogP contribution in [0.15, 0.2) is 6.20 Å². The molecule has 19 heavy (non-hydrogen) atoms. The first-order chi connectivity index (χ1) is 8.93. The smallest absolute Gasteiger partial charge is 0.107 e. The Balaban J connectivity index is 2.11. The van der Waals surface area contributed by atoms with Crippen molar-refractivity contribution in [2.45, 2.75) is 59.2 Å². The number of hydrogen-bond donors (Lipinski definition) is 1. The molecule has 0 amide bonds. The van der Waals surface area contributed by atoms with Crippen LogP contribution in [-0.4, -0.2) is 34.6 Å². The Morgan fingerprint density at radius 3 is 2.84 bits per heavy atom. The normalized spacial score (nSPS) is 29.1. The molecular weight excluding hydrogens is 254 g/mol. The second kappa shape index (κ2) is 5.90. The van der Waals surface area contributed by atoms with Gasteiger partial charge >= 0.3 is 0 Å². The fraction of sp³-hybridized carbons (Fsp3) is 0.800. The maximum atomic E-state index is 4.53. The van der Waals surface area contributed by atoms with Crippen LogP contribution in [0.4, 0.5) is 0 Å². The number of nitrogens with zero attached hydrogens (tertiary/aromatic N) is 2. The number of rotatable bonds is 4. The van der Waals surface area contributed by atoms with Gasteiger partial charge in [-0.15, -0.1) is 11.3 Å². The highest BCUT2D eigenvalue weighted by atomic mass is 32.1. The van der Waals surface area contributed by atoms with Gasteiger partial charge in [-0.25, -0.2) is 4.98 Å². The predicted octanol–water partition coefficient (Wildman–Crippen LogP) is 3.05. The summed E-state index contributed by atoms with van der Waals surface area (Å²) in [6, 6.07) is 0.615. The third-order valence-electron chi connectivity index (χ3n) is 4.32. The van der Waals surface area contributed by atoms with E-state index in [2.05, 4.69) is 49.8 Å². The van der Waals surface area contributed by atoms with E-state index in [1.165, 1.54) is 16.3 Å². The minimum atomic E-state index is 0.248. The lowest BCUT2D eigenvalue weighted by molar-refractivity contribution is 0.0538. The fourth-order valence-corrected chi connectivity index (χ4v) is 3.63. The Morgan fingerprint density at radius 1 is 1.58 bits per heavy atom. The number of nitrogens with one attached hydrogen (secondary N) is 1. The highest BCUT2D eigenvalue weighted by Gasteiger charge is 2.35. The van der Waals surface area contributed by atoms with Gasteiger partial charge in [0.25, 0.3) is 0 Å². The molecule has 108 valence electrons. The number of aryl methyl sites for hydroxylation is 1. The van der Waals surface area contributed by atoms with Crippen molar-refractivity contribution in [2.75, 3.05) is 13.1 Å². The van der Waals surface area contributed by atoms with Crippen molar-refractivity contribution in [3.05, 3.63) is 16.1 Å². The van der Waals surface area contributed by atoms with Crippen LogP contribution < -0.4 is 5.32 Å². The standard InChI is InChI=1S/C15H27N3S/c1-6-15(5)10-18(13(8-17-15)11(2)3)9-14-16-7-12(4)19-14/h7,11,13,17H,6,8-10H2,1-5H3. The first-order valence-corrected chi connectivity index (χ1v) is 8.15. The van der Waals surface area contributed by atoms with Crippen molar-refractivity contribution in [3.8, 4) is 0 Å². The van der Waals surface area contributed by atoms with E-state index in [1.807, 2.05) is 17.5 Å². The molecule has 0 bridgehead atoms. The van der Waals surface area contributed by atoms with Gasteiger partial charge in [0.1, 0.15) is 5.01 Å². The van der Waals surface area contributed by atoms with Crippen molar-refractivity contribution >= 4 is 11.3 Å². The van der Waals surface area contributed by atoms with Crippen LogP contribution in [0.25, 0.3) is 0 Å². The lowest BCUT2D eigenvalue weighted by Crippen LogP contribution is -2.63. The van der Waals surface area contributed by atoms with Crippen LogP contribution in [0.5, 0.6) is 0 Å². The van der Waals surface area contributed by atoms with E-state index in [0.717, 1.165) is 19.6 Å². The summed E-state index contributed by atoms with van der Waals surface area (Å²) in [6.45, 7) is 14.6. The van der Waals surface area contributed by atoms with E-state index < -0.39 is 0 Å². The summed E-state index contributed by atoms with van der Waals surface area (Å²) in [5, 5.41) is 4.99. The SMILES string of the molecule is CCC1(C)CN(Cc2ncc(C)s2)C(C(C)C)CN1.